The lowest BCUT2D eigenvalue weighted by molar-refractivity contribution is -0.174. The van der Waals surface area contributed by atoms with Gasteiger partial charge in [-0.1, -0.05) is 6.92 Å². The molecule has 1 aliphatic rings. The molecule has 0 bridgehead atoms. The fourth-order valence-electron chi connectivity index (χ4n) is 1.55. The van der Waals surface area contributed by atoms with Crippen LogP contribution in [0.3, 0.4) is 0 Å². The Labute approximate surface area is 99.1 Å². The van der Waals surface area contributed by atoms with E-state index in [1.54, 1.807) is 6.92 Å². The van der Waals surface area contributed by atoms with Gasteiger partial charge in [-0.3, -0.25) is 9.59 Å². The zero-order valence-electron chi connectivity index (χ0n) is 9.84. The predicted octanol–water partition coefficient (Wildman–Crippen LogP) is -2.05. The maximum Gasteiger partial charge on any atom is 0.246 e. The average molecular weight is 246 g/mol. The van der Waals surface area contributed by atoms with E-state index in [1.165, 1.54) is 6.92 Å². The van der Waals surface area contributed by atoms with Crippen molar-refractivity contribution >= 4 is 11.8 Å². The molecule has 1 heterocycles. The van der Waals surface area contributed by atoms with E-state index < -0.39 is 18.3 Å². The lowest BCUT2D eigenvalue weighted by atomic mass is 10.0. The number of aliphatic hydroxyl groups excluding tert-OH is 1. The highest BCUT2D eigenvalue weighted by atomic mass is 16.6. The van der Waals surface area contributed by atoms with Crippen molar-refractivity contribution in [1.82, 2.24) is 10.6 Å². The molecule has 17 heavy (non-hydrogen) atoms. The van der Waals surface area contributed by atoms with Crippen molar-refractivity contribution in [3.05, 3.63) is 0 Å². The summed E-state index contributed by atoms with van der Waals surface area (Å²) in [5.74, 6) is -1.44. The fourth-order valence-corrected chi connectivity index (χ4v) is 1.55. The lowest BCUT2D eigenvalue weighted by Gasteiger charge is -2.28. The number of carbonyl (C=O) groups excluding carboxylic acids is 2. The van der Waals surface area contributed by atoms with Gasteiger partial charge in [0.05, 0.1) is 5.92 Å². The van der Waals surface area contributed by atoms with Crippen LogP contribution in [0, 0.1) is 5.92 Å². The Hall–Kier alpha value is -1.18. The van der Waals surface area contributed by atoms with Gasteiger partial charge in [-0.15, -0.1) is 0 Å². The quantitative estimate of drug-likeness (QED) is 0.398. The Kier molecular flexibility index (Phi) is 4.86. The molecule has 7 nitrogen and oxygen atoms in total. The summed E-state index contributed by atoms with van der Waals surface area (Å²) < 4.78 is 5.04. The third kappa shape index (κ3) is 3.95. The number of ether oxygens (including phenoxy) is 1. The molecule has 0 spiro atoms. The molecule has 7 heteroatoms. The summed E-state index contributed by atoms with van der Waals surface area (Å²) >= 11 is 0. The van der Waals surface area contributed by atoms with Crippen molar-refractivity contribution < 1.29 is 24.5 Å². The molecule has 0 aromatic rings. The molecule has 3 atom stereocenters. The van der Waals surface area contributed by atoms with E-state index in [9.17, 15) is 9.59 Å². The number of amides is 2. The van der Waals surface area contributed by atoms with E-state index in [0.717, 1.165) is 0 Å². The molecule has 0 aromatic carbocycles. The second-order valence-corrected chi connectivity index (χ2v) is 4.19. The normalized spacial score (nSPS) is 31.9. The van der Waals surface area contributed by atoms with E-state index >= 15 is 0 Å². The van der Waals surface area contributed by atoms with E-state index in [4.69, 9.17) is 14.9 Å². The van der Waals surface area contributed by atoms with Gasteiger partial charge in [0, 0.05) is 12.6 Å². The Bertz CT molecular complexity index is 294. The molecular formula is C10H18N2O5. The molecule has 0 aromatic heterocycles. The first-order valence-corrected chi connectivity index (χ1v) is 5.46. The third-order valence-electron chi connectivity index (χ3n) is 2.60. The van der Waals surface area contributed by atoms with E-state index in [2.05, 4.69) is 10.6 Å². The molecule has 1 saturated heterocycles. The number of nitrogens with one attached hydrogen (secondary N) is 2. The highest BCUT2D eigenvalue weighted by molar-refractivity contribution is 5.80. The summed E-state index contributed by atoms with van der Waals surface area (Å²) in [4.78, 5) is 23.0. The summed E-state index contributed by atoms with van der Waals surface area (Å²) in [6.45, 7) is 3.28. The second kappa shape index (κ2) is 5.95. The molecule has 0 aliphatic carbocycles. The van der Waals surface area contributed by atoms with Crippen molar-refractivity contribution in [3.63, 3.8) is 0 Å². The van der Waals surface area contributed by atoms with Gasteiger partial charge >= 0.3 is 0 Å². The van der Waals surface area contributed by atoms with Crippen LogP contribution in [-0.2, 0) is 14.3 Å². The number of rotatable bonds is 1. The molecule has 3 unspecified atom stereocenters. The Morgan fingerprint density at radius 2 is 2.00 bits per heavy atom. The van der Waals surface area contributed by atoms with Crippen molar-refractivity contribution in [2.45, 2.75) is 32.3 Å². The molecular weight excluding hydrogens is 228 g/mol. The topological polar surface area (TPSA) is 108 Å². The second-order valence-electron chi connectivity index (χ2n) is 4.19. The first-order chi connectivity index (χ1) is 7.91. The minimum absolute atomic E-state index is 0.219. The van der Waals surface area contributed by atoms with E-state index in [-0.39, 0.29) is 24.5 Å². The molecule has 2 amide bonds. The highest BCUT2D eigenvalue weighted by Crippen LogP contribution is 2.12. The van der Waals surface area contributed by atoms with Gasteiger partial charge in [-0.2, -0.15) is 0 Å². The van der Waals surface area contributed by atoms with Crippen LogP contribution in [0.2, 0.25) is 0 Å². The third-order valence-corrected chi connectivity index (χ3v) is 2.60. The van der Waals surface area contributed by atoms with Gasteiger partial charge in [0.1, 0.15) is 12.7 Å². The molecule has 98 valence electrons. The van der Waals surface area contributed by atoms with Crippen LogP contribution >= 0.6 is 0 Å². The van der Waals surface area contributed by atoms with Gasteiger partial charge in [0.2, 0.25) is 11.8 Å². The molecule has 0 saturated carbocycles. The predicted molar refractivity (Wildman–Crippen MR) is 57.7 cm³/mol. The van der Waals surface area contributed by atoms with E-state index in [0.29, 0.717) is 6.54 Å². The van der Waals surface area contributed by atoms with Crippen molar-refractivity contribution in [1.29, 1.82) is 0 Å². The fraction of sp³-hybridized carbons (Fsp3) is 0.800. The standard InChI is InChI=1S/C10H18N2O5/c1-5-3-11-7(13)4-17-8(10(15)16)6(2)9(14)12-5/h5-6,8,10,15-16H,3-4H2,1-2H3,(H,11,13)(H,12,14). The SMILES string of the molecule is CC1CNC(=O)COC(C(O)O)C(C)C(=O)N1. The maximum absolute atomic E-state index is 11.7. The molecule has 0 radical (unpaired) electrons. The minimum Gasteiger partial charge on any atom is -0.366 e. The van der Waals surface area contributed by atoms with Crippen LogP contribution in [0.25, 0.3) is 0 Å². The maximum atomic E-state index is 11.7. The largest absolute Gasteiger partial charge is 0.366 e. The van der Waals surface area contributed by atoms with Crippen LogP contribution in [0.5, 0.6) is 0 Å². The van der Waals surface area contributed by atoms with Crippen molar-refractivity contribution in [2.75, 3.05) is 13.2 Å². The summed E-state index contributed by atoms with van der Waals surface area (Å²) in [6.07, 6.45) is -2.93. The minimum atomic E-state index is -1.81. The van der Waals surface area contributed by atoms with Gasteiger partial charge in [0.25, 0.3) is 0 Å². The van der Waals surface area contributed by atoms with Gasteiger partial charge in [0.15, 0.2) is 6.29 Å². The number of hydrogen-bond donors (Lipinski definition) is 4. The summed E-state index contributed by atoms with van der Waals surface area (Å²) in [5, 5.41) is 23.4. The number of aliphatic hydroxyl groups is 2. The van der Waals surface area contributed by atoms with Gasteiger partial charge in [-0.25, -0.2) is 0 Å². The average Bonchev–Trinajstić information content (AvgIpc) is 2.24. The number of carbonyl (C=O) groups is 2. The summed E-state index contributed by atoms with van der Waals surface area (Å²) in [6, 6.07) is -0.219. The first-order valence-electron chi connectivity index (χ1n) is 5.46. The molecule has 1 rings (SSSR count). The monoisotopic (exact) mass is 246 g/mol. The lowest BCUT2D eigenvalue weighted by Crippen LogP contribution is -2.51. The van der Waals surface area contributed by atoms with Crippen LogP contribution in [0.4, 0.5) is 0 Å². The molecule has 4 N–H and O–H groups in total. The van der Waals surface area contributed by atoms with E-state index in [1.807, 2.05) is 0 Å². The van der Waals surface area contributed by atoms with Crippen molar-refractivity contribution in [3.8, 4) is 0 Å². The first kappa shape index (κ1) is 13.9. The van der Waals surface area contributed by atoms with Crippen LogP contribution in [-0.4, -0.2) is 53.6 Å². The highest BCUT2D eigenvalue weighted by Gasteiger charge is 2.32. The van der Waals surface area contributed by atoms with Crippen molar-refractivity contribution in [2.24, 2.45) is 5.92 Å². The summed E-state index contributed by atoms with van der Waals surface area (Å²) in [7, 11) is 0. The Morgan fingerprint density at radius 3 is 2.59 bits per heavy atom. The smallest absolute Gasteiger partial charge is 0.246 e. The number of hydrogen-bond acceptors (Lipinski definition) is 5. The molecule has 1 aliphatic heterocycles. The van der Waals surface area contributed by atoms with Crippen LogP contribution in [0.1, 0.15) is 13.8 Å². The zero-order chi connectivity index (χ0) is 13.0. The Balaban J connectivity index is 2.78. The Morgan fingerprint density at radius 1 is 1.35 bits per heavy atom. The van der Waals surface area contributed by atoms with Crippen LogP contribution in [0.15, 0.2) is 0 Å². The van der Waals surface area contributed by atoms with Crippen LogP contribution < -0.4 is 10.6 Å². The van der Waals surface area contributed by atoms with Gasteiger partial charge in [-0.05, 0) is 6.92 Å². The molecule has 1 fully saturated rings. The van der Waals surface area contributed by atoms with Gasteiger partial charge < -0.3 is 25.6 Å². The summed E-state index contributed by atoms with van der Waals surface area (Å²) in [5.41, 5.74) is 0. The zero-order valence-corrected chi connectivity index (χ0v) is 9.84.